The van der Waals surface area contributed by atoms with Gasteiger partial charge >= 0.3 is 16.1 Å². The first-order valence-electron chi connectivity index (χ1n) is 9.66. The molecule has 9 heteroatoms. The normalized spacial score (nSPS) is 13.9. The van der Waals surface area contributed by atoms with Gasteiger partial charge in [-0.1, -0.05) is 12.1 Å². The summed E-state index contributed by atoms with van der Waals surface area (Å²) in [6.45, 7) is 0. The van der Waals surface area contributed by atoms with Gasteiger partial charge in [-0.3, -0.25) is 4.79 Å². The summed E-state index contributed by atoms with van der Waals surface area (Å²) in [6.07, 6.45) is 1.53. The average molecular weight is 466 g/mol. The van der Waals surface area contributed by atoms with Gasteiger partial charge in [0.15, 0.2) is 5.76 Å². The van der Waals surface area contributed by atoms with E-state index in [-0.39, 0.29) is 33.5 Å². The van der Waals surface area contributed by atoms with Crippen molar-refractivity contribution in [3.63, 3.8) is 0 Å². The fourth-order valence-electron chi connectivity index (χ4n) is 3.12. The van der Waals surface area contributed by atoms with E-state index in [2.05, 4.69) is 4.74 Å². The Balaban J connectivity index is 1.54. The molecular formula is C24H18O8S. The van der Waals surface area contributed by atoms with Gasteiger partial charge in [-0.15, -0.1) is 0 Å². The molecule has 1 heterocycles. The third-order valence-electron chi connectivity index (χ3n) is 4.82. The zero-order valence-corrected chi connectivity index (χ0v) is 18.4. The molecule has 33 heavy (non-hydrogen) atoms. The second-order valence-electron chi connectivity index (χ2n) is 6.92. The molecule has 0 aliphatic carbocycles. The zero-order chi connectivity index (χ0) is 23.6. The average Bonchev–Trinajstić information content (AvgIpc) is 3.13. The lowest BCUT2D eigenvalue weighted by atomic mass is 10.1. The van der Waals surface area contributed by atoms with Gasteiger partial charge < -0.3 is 18.4 Å². The van der Waals surface area contributed by atoms with E-state index in [9.17, 15) is 18.0 Å². The predicted molar refractivity (Wildman–Crippen MR) is 118 cm³/mol. The summed E-state index contributed by atoms with van der Waals surface area (Å²) in [5.41, 5.74) is 1.29. The van der Waals surface area contributed by atoms with Crippen molar-refractivity contribution in [2.24, 2.45) is 0 Å². The summed E-state index contributed by atoms with van der Waals surface area (Å²) >= 11 is 0. The monoisotopic (exact) mass is 466 g/mol. The highest BCUT2D eigenvalue weighted by atomic mass is 32.2. The van der Waals surface area contributed by atoms with Crippen molar-refractivity contribution >= 4 is 27.9 Å². The van der Waals surface area contributed by atoms with E-state index in [4.69, 9.17) is 13.7 Å². The number of hydrogen-bond donors (Lipinski definition) is 0. The number of carbonyl (C=O) groups is 2. The molecule has 0 radical (unpaired) electrons. The number of hydrogen-bond acceptors (Lipinski definition) is 8. The second-order valence-corrected chi connectivity index (χ2v) is 8.47. The molecule has 3 aromatic carbocycles. The van der Waals surface area contributed by atoms with Gasteiger partial charge in [0.1, 0.15) is 22.1 Å². The molecule has 0 saturated heterocycles. The highest BCUT2D eigenvalue weighted by Gasteiger charge is 2.28. The first kappa shape index (κ1) is 22.1. The Bertz CT molecular complexity index is 1350. The number of esters is 1. The first-order valence-corrected chi connectivity index (χ1v) is 11.1. The van der Waals surface area contributed by atoms with Crippen LogP contribution in [-0.4, -0.2) is 34.4 Å². The molecule has 0 N–H and O–H groups in total. The predicted octanol–water partition coefficient (Wildman–Crippen LogP) is 3.87. The third kappa shape index (κ3) is 4.58. The van der Waals surface area contributed by atoms with E-state index in [1.54, 1.807) is 24.3 Å². The van der Waals surface area contributed by atoms with Crippen molar-refractivity contribution in [3.8, 4) is 17.2 Å². The Labute approximate surface area is 190 Å². The van der Waals surface area contributed by atoms with Crippen molar-refractivity contribution < 1.29 is 36.4 Å². The number of rotatable bonds is 6. The number of carbonyl (C=O) groups excluding carboxylic acids is 2. The lowest BCUT2D eigenvalue weighted by Crippen LogP contribution is -2.09. The van der Waals surface area contributed by atoms with Gasteiger partial charge in [0.05, 0.1) is 25.3 Å². The molecule has 8 nitrogen and oxygen atoms in total. The van der Waals surface area contributed by atoms with Crippen LogP contribution >= 0.6 is 0 Å². The van der Waals surface area contributed by atoms with E-state index >= 15 is 0 Å². The van der Waals surface area contributed by atoms with E-state index < -0.39 is 16.1 Å². The lowest BCUT2D eigenvalue weighted by Gasteiger charge is -2.08. The summed E-state index contributed by atoms with van der Waals surface area (Å²) in [6, 6.07) is 16.4. The molecule has 0 saturated carbocycles. The number of benzene rings is 3. The van der Waals surface area contributed by atoms with Crippen LogP contribution in [0.4, 0.5) is 0 Å². The molecular weight excluding hydrogens is 448 g/mol. The molecule has 0 fully saturated rings. The minimum Gasteiger partial charge on any atom is -0.497 e. The summed E-state index contributed by atoms with van der Waals surface area (Å²) in [5.74, 6) is -0.0666. The zero-order valence-electron chi connectivity index (χ0n) is 17.6. The Kier molecular flexibility index (Phi) is 5.89. The Morgan fingerprint density at radius 1 is 0.909 bits per heavy atom. The lowest BCUT2D eigenvalue weighted by molar-refractivity contribution is 0.0600. The van der Waals surface area contributed by atoms with Crippen LogP contribution in [0.3, 0.4) is 0 Å². The molecule has 0 aromatic heterocycles. The largest absolute Gasteiger partial charge is 0.497 e. The van der Waals surface area contributed by atoms with Gasteiger partial charge in [0.2, 0.25) is 5.78 Å². The van der Waals surface area contributed by atoms with Crippen LogP contribution in [0.15, 0.2) is 77.4 Å². The molecule has 0 unspecified atom stereocenters. The second kappa shape index (κ2) is 8.79. The fraction of sp³-hybridized carbons (Fsp3) is 0.0833. The molecule has 0 amide bonds. The summed E-state index contributed by atoms with van der Waals surface area (Å²) in [7, 11) is -1.32. The maximum Gasteiger partial charge on any atom is 0.339 e. The van der Waals surface area contributed by atoms with Crippen molar-refractivity contribution in [1.29, 1.82) is 0 Å². The Morgan fingerprint density at radius 2 is 1.58 bits per heavy atom. The van der Waals surface area contributed by atoms with E-state index in [0.717, 1.165) is 0 Å². The van der Waals surface area contributed by atoms with Crippen LogP contribution in [0.2, 0.25) is 0 Å². The molecule has 1 aliphatic rings. The van der Waals surface area contributed by atoms with Gasteiger partial charge in [-0.2, -0.15) is 8.42 Å². The van der Waals surface area contributed by atoms with Crippen LogP contribution in [-0.2, 0) is 14.9 Å². The highest BCUT2D eigenvalue weighted by molar-refractivity contribution is 7.87. The molecule has 0 atom stereocenters. The fourth-order valence-corrected chi connectivity index (χ4v) is 4.04. The SMILES string of the molecule is COC(=O)c1ccc(C=C2Oc3cc(OS(=O)(=O)c4ccc(OC)cc4)ccc3C2=O)cc1. The highest BCUT2D eigenvalue weighted by Crippen LogP contribution is 2.35. The van der Waals surface area contributed by atoms with Crippen molar-refractivity contribution in [2.75, 3.05) is 14.2 Å². The summed E-state index contributed by atoms with van der Waals surface area (Å²) in [5, 5.41) is 0. The maximum absolute atomic E-state index is 12.7. The molecule has 168 valence electrons. The van der Waals surface area contributed by atoms with Crippen LogP contribution in [0, 0.1) is 0 Å². The van der Waals surface area contributed by atoms with E-state index in [0.29, 0.717) is 16.9 Å². The van der Waals surface area contributed by atoms with E-state index in [1.807, 2.05) is 0 Å². The molecule has 4 rings (SSSR count). The molecule has 3 aromatic rings. The number of fused-ring (bicyclic) bond motifs is 1. The Hall–Kier alpha value is -4.11. The first-order chi connectivity index (χ1) is 15.8. The van der Waals surface area contributed by atoms with Gasteiger partial charge in [-0.05, 0) is 60.2 Å². The number of methoxy groups -OCH3 is 2. The van der Waals surface area contributed by atoms with Crippen LogP contribution < -0.4 is 13.7 Å². The standard InChI is InChI=1S/C24H18O8S/c1-29-17-7-10-19(11-8-17)33(27,28)32-18-9-12-20-21(14-18)31-22(23(20)25)13-15-3-5-16(6-4-15)24(26)30-2/h3-14H,1-2H3. The van der Waals surface area contributed by atoms with Crippen molar-refractivity contribution in [3.05, 3.63) is 89.2 Å². The van der Waals surface area contributed by atoms with Gasteiger partial charge in [-0.25, -0.2) is 4.79 Å². The van der Waals surface area contributed by atoms with Crippen molar-refractivity contribution in [2.45, 2.75) is 4.90 Å². The van der Waals surface area contributed by atoms with Gasteiger partial charge in [0, 0.05) is 6.07 Å². The van der Waals surface area contributed by atoms with Gasteiger partial charge in [0.25, 0.3) is 0 Å². The molecule has 0 spiro atoms. The van der Waals surface area contributed by atoms with Crippen molar-refractivity contribution in [1.82, 2.24) is 0 Å². The van der Waals surface area contributed by atoms with Crippen LogP contribution in [0.25, 0.3) is 6.08 Å². The summed E-state index contributed by atoms with van der Waals surface area (Å²) in [4.78, 5) is 24.2. The number of ketones is 1. The third-order valence-corrected chi connectivity index (χ3v) is 6.09. The topological polar surface area (TPSA) is 105 Å². The molecule has 1 aliphatic heterocycles. The smallest absolute Gasteiger partial charge is 0.339 e. The summed E-state index contributed by atoms with van der Waals surface area (Å²) < 4.78 is 45.6. The van der Waals surface area contributed by atoms with E-state index in [1.165, 1.54) is 62.8 Å². The maximum atomic E-state index is 12.7. The number of ether oxygens (including phenoxy) is 3. The Morgan fingerprint density at radius 3 is 2.21 bits per heavy atom. The number of allylic oxidation sites excluding steroid dienone is 1. The minimum absolute atomic E-state index is 0.000971. The number of Topliss-reactive ketones (excluding diaryl/α,β-unsaturated/α-hetero) is 1. The minimum atomic E-state index is -4.09. The van der Waals surface area contributed by atoms with Crippen LogP contribution in [0.5, 0.6) is 17.2 Å². The quantitative estimate of drug-likeness (QED) is 0.306. The molecule has 0 bridgehead atoms. The van der Waals surface area contributed by atoms with Crippen LogP contribution in [0.1, 0.15) is 26.3 Å².